The molecule has 0 saturated carbocycles. The van der Waals surface area contributed by atoms with E-state index in [2.05, 4.69) is 56.0 Å². The predicted molar refractivity (Wildman–Crippen MR) is 117 cm³/mol. The van der Waals surface area contributed by atoms with E-state index in [0.29, 0.717) is 5.56 Å². The van der Waals surface area contributed by atoms with E-state index in [0.717, 1.165) is 22.2 Å². The van der Waals surface area contributed by atoms with Crippen LogP contribution >= 0.6 is 0 Å². The van der Waals surface area contributed by atoms with E-state index in [-0.39, 0.29) is 5.91 Å². The van der Waals surface area contributed by atoms with E-state index < -0.39 is 8.07 Å². The fourth-order valence-corrected chi connectivity index (χ4v) is 4.60. The Morgan fingerprint density at radius 3 is 2.07 bits per heavy atom. The van der Waals surface area contributed by atoms with Gasteiger partial charge in [0.05, 0.1) is 19.3 Å². The molecule has 0 amide bonds. The van der Waals surface area contributed by atoms with Crippen molar-refractivity contribution in [2.75, 3.05) is 0 Å². The highest BCUT2D eigenvalue weighted by Gasteiger charge is 2.19. The summed E-state index contributed by atoms with van der Waals surface area (Å²) >= 11 is 0. The molecule has 0 N–H and O–H groups in total. The second kappa shape index (κ2) is 6.67. The highest BCUT2D eigenvalue weighted by Crippen LogP contribution is 2.29. The van der Waals surface area contributed by atoms with E-state index in [9.17, 15) is 4.79 Å². The van der Waals surface area contributed by atoms with Crippen LogP contribution in [0.5, 0.6) is 0 Å². The molecule has 3 aromatic carbocycles. The molecule has 0 aliphatic rings. The fourth-order valence-electron chi connectivity index (χ4n) is 3.44. The van der Waals surface area contributed by atoms with E-state index in [1.54, 1.807) is 0 Å². The van der Waals surface area contributed by atoms with Gasteiger partial charge in [0.15, 0.2) is 0 Å². The quantitative estimate of drug-likeness (QED) is 0.434. The van der Waals surface area contributed by atoms with Gasteiger partial charge in [0.2, 0.25) is 0 Å². The minimum atomic E-state index is -1.35. The van der Waals surface area contributed by atoms with Crippen molar-refractivity contribution in [2.45, 2.75) is 19.6 Å². The molecule has 0 spiro atoms. The monoisotopic (exact) mass is 369 g/mol. The second-order valence-corrected chi connectivity index (χ2v) is 13.0. The van der Waals surface area contributed by atoms with Gasteiger partial charge < -0.3 is 0 Å². The van der Waals surface area contributed by atoms with Crippen molar-refractivity contribution in [1.82, 2.24) is 4.57 Å². The maximum atomic E-state index is 13.3. The van der Waals surface area contributed by atoms with Crippen LogP contribution in [0.15, 0.2) is 84.9 Å². The van der Waals surface area contributed by atoms with Crippen molar-refractivity contribution in [1.29, 1.82) is 0 Å². The number of carbonyl (C=O) groups excluding carboxylic acids is 1. The number of nitrogens with zero attached hydrogens (tertiary/aromatic N) is 1. The lowest BCUT2D eigenvalue weighted by atomic mass is 10.1. The van der Waals surface area contributed by atoms with Crippen LogP contribution < -0.4 is 5.19 Å². The van der Waals surface area contributed by atoms with E-state index in [1.807, 2.05) is 53.1 Å². The first-order chi connectivity index (χ1) is 12.9. The predicted octanol–water partition coefficient (Wildman–Crippen LogP) is 5.54. The Hall–Kier alpha value is -2.91. The van der Waals surface area contributed by atoms with Gasteiger partial charge in [-0.25, -0.2) is 0 Å². The molecule has 0 saturated heterocycles. The molecule has 0 radical (unpaired) electrons. The van der Waals surface area contributed by atoms with Gasteiger partial charge >= 0.3 is 0 Å². The molecular weight excluding hydrogens is 346 g/mol. The number of carbonyl (C=O) groups is 1. The van der Waals surface area contributed by atoms with Crippen LogP contribution in [-0.2, 0) is 0 Å². The summed E-state index contributed by atoms with van der Waals surface area (Å²) in [5.74, 6) is 0.000993. The summed E-state index contributed by atoms with van der Waals surface area (Å²) in [4.78, 5) is 13.3. The van der Waals surface area contributed by atoms with E-state index in [1.165, 1.54) is 5.19 Å². The third-order valence-corrected chi connectivity index (χ3v) is 7.05. The lowest BCUT2D eigenvalue weighted by Gasteiger charge is -2.17. The van der Waals surface area contributed by atoms with Gasteiger partial charge in [-0.15, -0.1) is 0 Å². The second-order valence-electron chi connectivity index (χ2n) is 7.92. The van der Waals surface area contributed by atoms with Gasteiger partial charge in [-0.3, -0.25) is 9.36 Å². The van der Waals surface area contributed by atoms with Crippen LogP contribution in [0, 0.1) is 0 Å². The van der Waals surface area contributed by atoms with Crippen LogP contribution in [-0.4, -0.2) is 18.5 Å². The Balaban J connectivity index is 1.90. The number of aromatic nitrogens is 1. The summed E-state index contributed by atoms with van der Waals surface area (Å²) in [6.45, 7) is 7.04. The Bertz CT molecular complexity index is 1100. The number of hydrogen-bond acceptors (Lipinski definition) is 1. The average molecular weight is 370 g/mol. The minimum Gasteiger partial charge on any atom is -0.276 e. The molecule has 0 aliphatic carbocycles. The van der Waals surface area contributed by atoms with Gasteiger partial charge in [-0.05, 0) is 29.8 Å². The molecule has 0 unspecified atom stereocenters. The topological polar surface area (TPSA) is 22.0 Å². The van der Waals surface area contributed by atoms with Gasteiger partial charge in [-0.1, -0.05) is 85.5 Å². The van der Waals surface area contributed by atoms with Crippen LogP contribution in [0.1, 0.15) is 10.4 Å². The Kier molecular flexibility index (Phi) is 4.32. The van der Waals surface area contributed by atoms with Crippen molar-refractivity contribution >= 4 is 30.1 Å². The summed E-state index contributed by atoms with van der Waals surface area (Å²) in [6.07, 6.45) is 0. The molecule has 4 rings (SSSR count). The van der Waals surface area contributed by atoms with Gasteiger partial charge in [-0.2, -0.15) is 0 Å². The number of benzene rings is 3. The van der Waals surface area contributed by atoms with E-state index >= 15 is 0 Å². The summed E-state index contributed by atoms with van der Waals surface area (Å²) in [6, 6.07) is 28.4. The van der Waals surface area contributed by atoms with Crippen LogP contribution in [0.2, 0.25) is 19.6 Å². The van der Waals surface area contributed by atoms with Gasteiger partial charge in [0.1, 0.15) is 0 Å². The van der Waals surface area contributed by atoms with Crippen molar-refractivity contribution in [2.24, 2.45) is 0 Å². The maximum Gasteiger partial charge on any atom is 0.262 e. The Labute approximate surface area is 161 Å². The zero-order valence-electron chi connectivity index (χ0n) is 15.9. The normalized spacial score (nSPS) is 11.7. The lowest BCUT2D eigenvalue weighted by molar-refractivity contribution is 0.0967. The third kappa shape index (κ3) is 3.26. The molecule has 0 atom stereocenters. The van der Waals surface area contributed by atoms with Crippen LogP contribution in [0.3, 0.4) is 0 Å². The van der Waals surface area contributed by atoms with Crippen molar-refractivity contribution < 1.29 is 4.79 Å². The SMILES string of the molecule is C[Si](C)(C)c1ccc(-c2cc3ccccc3n2C(=O)c2ccccc2)cc1. The molecule has 1 aromatic heterocycles. The van der Waals surface area contributed by atoms with E-state index in [4.69, 9.17) is 0 Å². The molecule has 0 fully saturated rings. The van der Waals surface area contributed by atoms with Crippen molar-refractivity contribution in [3.05, 3.63) is 90.5 Å². The largest absolute Gasteiger partial charge is 0.276 e. The van der Waals surface area contributed by atoms with Gasteiger partial charge in [0, 0.05) is 10.9 Å². The fraction of sp³-hybridized carbons (Fsp3) is 0.125. The Morgan fingerprint density at radius 2 is 1.41 bits per heavy atom. The number of rotatable bonds is 3. The summed E-state index contributed by atoms with van der Waals surface area (Å²) in [5.41, 5.74) is 3.64. The zero-order valence-corrected chi connectivity index (χ0v) is 16.9. The standard InChI is InChI=1S/C24H23NOSi/c1-27(2,3)21-15-13-18(14-16-21)23-17-20-11-7-8-12-22(20)25(23)24(26)19-9-5-4-6-10-19/h4-17H,1-3H3. The molecule has 0 bridgehead atoms. The van der Waals surface area contributed by atoms with Gasteiger partial charge in [0.25, 0.3) is 5.91 Å². The summed E-state index contributed by atoms with van der Waals surface area (Å²) < 4.78 is 1.84. The first kappa shape index (κ1) is 17.5. The minimum absolute atomic E-state index is 0.000993. The third-order valence-electron chi connectivity index (χ3n) is 4.98. The summed E-state index contributed by atoms with van der Waals surface area (Å²) in [5, 5.41) is 2.49. The maximum absolute atomic E-state index is 13.3. The number of para-hydroxylation sites is 1. The van der Waals surface area contributed by atoms with Crippen LogP contribution in [0.25, 0.3) is 22.2 Å². The van der Waals surface area contributed by atoms with Crippen molar-refractivity contribution in [3.63, 3.8) is 0 Å². The average Bonchev–Trinajstić information content (AvgIpc) is 3.07. The first-order valence-electron chi connectivity index (χ1n) is 9.26. The molecule has 0 aliphatic heterocycles. The molecular formula is C24H23NOSi. The molecule has 3 heteroatoms. The highest BCUT2D eigenvalue weighted by atomic mass is 28.3. The Morgan fingerprint density at radius 1 is 0.778 bits per heavy atom. The van der Waals surface area contributed by atoms with Crippen molar-refractivity contribution in [3.8, 4) is 11.3 Å². The number of hydrogen-bond donors (Lipinski definition) is 0. The molecule has 2 nitrogen and oxygen atoms in total. The molecule has 134 valence electrons. The summed E-state index contributed by atoms with van der Waals surface area (Å²) in [7, 11) is -1.35. The lowest BCUT2D eigenvalue weighted by Crippen LogP contribution is -2.37. The smallest absolute Gasteiger partial charge is 0.262 e. The van der Waals surface area contributed by atoms with Crippen LogP contribution in [0.4, 0.5) is 0 Å². The number of fused-ring (bicyclic) bond motifs is 1. The molecule has 1 heterocycles. The molecule has 27 heavy (non-hydrogen) atoms. The first-order valence-corrected chi connectivity index (χ1v) is 12.8. The highest BCUT2D eigenvalue weighted by molar-refractivity contribution is 6.88. The molecule has 4 aromatic rings. The zero-order chi connectivity index (χ0) is 19.0.